The average molecular weight is 245 g/mol. The van der Waals surface area contributed by atoms with Gasteiger partial charge in [-0.05, 0) is 18.4 Å². The Morgan fingerprint density at radius 2 is 1.89 bits per heavy atom. The normalized spacial score (nSPS) is 16.4. The molecule has 0 aromatic heterocycles. The predicted molar refractivity (Wildman–Crippen MR) is 75.2 cm³/mol. The van der Waals surface area contributed by atoms with Gasteiger partial charge in [-0.15, -0.1) is 0 Å². The molecule has 1 saturated carbocycles. The van der Waals surface area contributed by atoms with Crippen molar-refractivity contribution in [1.82, 2.24) is 5.32 Å². The molecule has 0 radical (unpaired) electrons. The lowest BCUT2D eigenvalue weighted by atomic mass is 9.95. The molecule has 0 unspecified atom stereocenters. The Labute approximate surface area is 110 Å². The summed E-state index contributed by atoms with van der Waals surface area (Å²) in [6, 6.07) is 10.9. The third kappa shape index (κ3) is 4.53. The fraction of sp³-hybridized carbons (Fsp3) is 0.500. The highest BCUT2D eigenvalue weighted by Crippen LogP contribution is 2.18. The number of hydrogen-bond donors (Lipinski definition) is 1. The molecule has 1 aliphatic rings. The van der Waals surface area contributed by atoms with Crippen LogP contribution in [-0.2, 0) is 11.3 Å². The summed E-state index contributed by atoms with van der Waals surface area (Å²) < 4.78 is 5.66. The average Bonchev–Trinajstić information content (AvgIpc) is 2.41. The van der Waals surface area contributed by atoms with E-state index in [0.29, 0.717) is 19.3 Å². The molecule has 0 amide bonds. The van der Waals surface area contributed by atoms with Crippen LogP contribution in [0.15, 0.2) is 42.6 Å². The van der Waals surface area contributed by atoms with E-state index in [1.54, 1.807) is 0 Å². The van der Waals surface area contributed by atoms with Crippen LogP contribution in [0.4, 0.5) is 0 Å². The Bertz CT molecular complexity index is 355. The first-order valence-electron chi connectivity index (χ1n) is 6.90. The molecule has 98 valence electrons. The molecule has 1 N–H and O–H groups in total. The monoisotopic (exact) mass is 245 g/mol. The number of nitrogens with one attached hydrogen (secondary N) is 1. The van der Waals surface area contributed by atoms with Crippen molar-refractivity contribution in [2.75, 3.05) is 6.61 Å². The second-order valence-electron chi connectivity index (χ2n) is 5.06. The second-order valence-corrected chi connectivity index (χ2v) is 5.06. The summed E-state index contributed by atoms with van der Waals surface area (Å²) in [5.74, 6) is 0. The van der Waals surface area contributed by atoms with Gasteiger partial charge in [-0.2, -0.15) is 0 Å². The molecule has 2 heteroatoms. The maximum absolute atomic E-state index is 5.66. The van der Waals surface area contributed by atoms with Crippen LogP contribution in [-0.4, -0.2) is 12.6 Å². The van der Waals surface area contributed by atoms with Gasteiger partial charge in [0.2, 0.25) is 0 Å². The number of ether oxygens (including phenoxy) is 1. The van der Waals surface area contributed by atoms with Gasteiger partial charge >= 0.3 is 0 Å². The molecule has 0 heterocycles. The van der Waals surface area contributed by atoms with E-state index in [-0.39, 0.29) is 0 Å². The minimum absolute atomic E-state index is 0.603. The molecule has 1 aromatic carbocycles. The summed E-state index contributed by atoms with van der Waals surface area (Å²) in [7, 11) is 0. The van der Waals surface area contributed by atoms with Gasteiger partial charge in [0.1, 0.15) is 0 Å². The number of rotatable bonds is 6. The van der Waals surface area contributed by atoms with Crippen LogP contribution in [0.1, 0.15) is 37.7 Å². The fourth-order valence-corrected chi connectivity index (χ4v) is 2.44. The lowest BCUT2D eigenvalue weighted by Crippen LogP contribution is -2.31. The van der Waals surface area contributed by atoms with Gasteiger partial charge in [0.05, 0.1) is 13.2 Å². The molecular formula is C16H23NO. The molecule has 1 fully saturated rings. The smallest absolute Gasteiger partial charge is 0.0861 e. The standard InChI is InChI=1S/C16H23NO/c1-14(17-16-10-6-3-7-11-16)12-18-13-15-8-4-2-5-9-15/h2,4-5,8-9,16-17H,1,3,6-7,10-13H2. The van der Waals surface area contributed by atoms with Crippen LogP contribution < -0.4 is 5.32 Å². The van der Waals surface area contributed by atoms with Crippen LogP contribution in [0.25, 0.3) is 0 Å². The van der Waals surface area contributed by atoms with Crippen LogP contribution in [0.3, 0.4) is 0 Å². The lowest BCUT2D eigenvalue weighted by molar-refractivity contribution is 0.136. The highest BCUT2D eigenvalue weighted by Gasteiger charge is 2.12. The van der Waals surface area contributed by atoms with Crippen LogP contribution in [0.2, 0.25) is 0 Å². The summed E-state index contributed by atoms with van der Waals surface area (Å²) in [4.78, 5) is 0. The highest BCUT2D eigenvalue weighted by molar-refractivity contribution is 5.13. The van der Waals surface area contributed by atoms with Crippen molar-refractivity contribution in [1.29, 1.82) is 0 Å². The number of benzene rings is 1. The first-order valence-corrected chi connectivity index (χ1v) is 6.90. The first kappa shape index (κ1) is 13.2. The zero-order valence-corrected chi connectivity index (χ0v) is 11.0. The van der Waals surface area contributed by atoms with Crippen molar-refractivity contribution in [3.8, 4) is 0 Å². The van der Waals surface area contributed by atoms with E-state index >= 15 is 0 Å². The van der Waals surface area contributed by atoms with E-state index in [9.17, 15) is 0 Å². The number of hydrogen-bond acceptors (Lipinski definition) is 2. The molecule has 0 aliphatic heterocycles. The quantitative estimate of drug-likeness (QED) is 0.826. The van der Waals surface area contributed by atoms with Crippen molar-refractivity contribution in [3.63, 3.8) is 0 Å². The van der Waals surface area contributed by atoms with Gasteiger partial charge in [-0.1, -0.05) is 56.2 Å². The largest absolute Gasteiger partial charge is 0.384 e. The second kappa shape index (κ2) is 7.22. The van der Waals surface area contributed by atoms with Gasteiger partial charge < -0.3 is 10.1 Å². The maximum atomic E-state index is 5.66. The summed E-state index contributed by atoms with van der Waals surface area (Å²) >= 11 is 0. The SMILES string of the molecule is C=C(COCc1ccccc1)NC1CCCCC1. The fourth-order valence-electron chi connectivity index (χ4n) is 2.44. The zero-order chi connectivity index (χ0) is 12.6. The Hall–Kier alpha value is -1.28. The summed E-state index contributed by atoms with van der Waals surface area (Å²) in [5, 5.41) is 3.49. The molecule has 2 nitrogen and oxygen atoms in total. The van der Waals surface area contributed by atoms with Crippen molar-refractivity contribution in [2.45, 2.75) is 44.8 Å². The van der Waals surface area contributed by atoms with E-state index in [1.807, 2.05) is 18.2 Å². The minimum atomic E-state index is 0.603. The van der Waals surface area contributed by atoms with E-state index in [2.05, 4.69) is 24.0 Å². The Kier molecular flexibility index (Phi) is 5.28. The van der Waals surface area contributed by atoms with Gasteiger partial charge in [-0.3, -0.25) is 0 Å². The Morgan fingerprint density at radius 1 is 1.17 bits per heavy atom. The molecule has 0 saturated heterocycles. The van der Waals surface area contributed by atoms with E-state index in [1.165, 1.54) is 37.7 Å². The van der Waals surface area contributed by atoms with Crippen molar-refractivity contribution < 1.29 is 4.74 Å². The zero-order valence-electron chi connectivity index (χ0n) is 11.0. The molecule has 1 aliphatic carbocycles. The molecule has 1 aromatic rings. The molecule has 0 bridgehead atoms. The molecule has 2 rings (SSSR count). The lowest BCUT2D eigenvalue weighted by Gasteiger charge is -2.24. The molecule has 0 spiro atoms. The summed E-state index contributed by atoms with van der Waals surface area (Å²) in [5.41, 5.74) is 2.22. The first-order chi connectivity index (χ1) is 8.84. The topological polar surface area (TPSA) is 21.3 Å². The van der Waals surface area contributed by atoms with Crippen LogP contribution in [0, 0.1) is 0 Å². The van der Waals surface area contributed by atoms with Gasteiger partial charge in [0.15, 0.2) is 0 Å². The van der Waals surface area contributed by atoms with Crippen LogP contribution in [0.5, 0.6) is 0 Å². The third-order valence-corrected chi connectivity index (χ3v) is 3.40. The van der Waals surface area contributed by atoms with Crippen LogP contribution >= 0.6 is 0 Å². The maximum Gasteiger partial charge on any atom is 0.0861 e. The van der Waals surface area contributed by atoms with Gasteiger partial charge in [-0.25, -0.2) is 0 Å². The van der Waals surface area contributed by atoms with Crippen molar-refractivity contribution in [2.24, 2.45) is 0 Å². The molecule has 0 atom stereocenters. The molecule has 18 heavy (non-hydrogen) atoms. The van der Waals surface area contributed by atoms with Gasteiger partial charge in [0.25, 0.3) is 0 Å². The minimum Gasteiger partial charge on any atom is -0.384 e. The third-order valence-electron chi connectivity index (χ3n) is 3.40. The Morgan fingerprint density at radius 3 is 2.61 bits per heavy atom. The summed E-state index contributed by atoms with van der Waals surface area (Å²) in [6.07, 6.45) is 6.62. The highest BCUT2D eigenvalue weighted by atomic mass is 16.5. The Balaban J connectivity index is 1.62. The van der Waals surface area contributed by atoms with E-state index in [4.69, 9.17) is 4.74 Å². The predicted octanol–water partition coefficient (Wildman–Crippen LogP) is 3.64. The summed E-state index contributed by atoms with van der Waals surface area (Å²) in [6.45, 7) is 5.31. The van der Waals surface area contributed by atoms with Crippen molar-refractivity contribution >= 4 is 0 Å². The molecular weight excluding hydrogens is 222 g/mol. The van der Waals surface area contributed by atoms with Gasteiger partial charge in [0, 0.05) is 11.7 Å². The van der Waals surface area contributed by atoms with E-state index < -0.39 is 0 Å². The van der Waals surface area contributed by atoms with E-state index in [0.717, 1.165) is 5.70 Å². The van der Waals surface area contributed by atoms with Crippen molar-refractivity contribution in [3.05, 3.63) is 48.2 Å².